The van der Waals surface area contributed by atoms with E-state index in [1.54, 1.807) is 54.2 Å². The first-order valence-electron chi connectivity index (χ1n) is 7.44. The average Bonchev–Trinajstić information content (AvgIpc) is 3.27. The van der Waals surface area contributed by atoms with Crippen LogP contribution in [0.4, 0.5) is 0 Å². The molecule has 0 saturated heterocycles. The highest BCUT2D eigenvalue weighted by molar-refractivity contribution is 7.07. The third kappa shape index (κ3) is 4.21. The third-order valence-corrected chi connectivity index (χ3v) is 4.15. The van der Waals surface area contributed by atoms with Crippen molar-refractivity contribution in [3.05, 3.63) is 82.1 Å². The second-order valence-corrected chi connectivity index (χ2v) is 5.98. The summed E-state index contributed by atoms with van der Waals surface area (Å²) in [6, 6.07) is 12.0. The molecule has 0 fully saturated rings. The minimum atomic E-state index is -0.557. The fourth-order valence-electron chi connectivity index (χ4n) is 2.03. The fourth-order valence-corrected chi connectivity index (χ4v) is 2.76. The zero-order valence-corrected chi connectivity index (χ0v) is 14.2. The summed E-state index contributed by atoms with van der Waals surface area (Å²) in [5.41, 5.74) is 0.486. The Hall–Kier alpha value is -3.19. The van der Waals surface area contributed by atoms with Crippen molar-refractivity contribution in [1.29, 1.82) is 0 Å². The molecule has 0 spiro atoms. The third-order valence-electron chi connectivity index (χ3n) is 3.30. The van der Waals surface area contributed by atoms with Gasteiger partial charge in [-0.1, -0.05) is 18.2 Å². The second-order valence-electron chi connectivity index (χ2n) is 5.11. The minimum absolute atomic E-state index is 0.0391. The summed E-state index contributed by atoms with van der Waals surface area (Å²) < 4.78 is 6.96. The predicted molar refractivity (Wildman–Crippen MR) is 94.5 cm³/mol. The minimum Gasteiger partial charge on any atom is -0.465 e. The van der Waals surface area contributed by atoms with Crippen LogP contribution in [-0.2, 0) is 11.8 Å². The quantitative estimate of drug-likeness (QED) is 0.733. The molecule has 1 aromatic carbocycles. The van der Waals surface area contributed by atoms with Crippen LogP contribution in [-0.4, -0.2) is 16.4 Å². The lowest BCUT2D eigenvalue weighted by Crippen LogP contribution is -2.28. The standard InChI is InChI=1S/C18H15N3O3S/c1-21-9-11-25-18(21)20-17(23)15(12-14-8-5-10-24-14)19-16(22)13-6-3-2-4-7-13/h2-12H,1H3,(H,19,22)/b15-12+,20-18?. The van der Waals surface area contributed by atoms with Crippen molar-refractivity contribution in [3.63, 3.8) is 0 Å². The van der Waals surface area contributed by atoms with Crippen molar-refractivity contribution < 1.29 is 14.0 Å². The molecule has 0 atom stereocenters. The molecule has 2 amide bonds. The summed E-state index contributed by atoms with van der Waals surface area (Å²) in [7, 11) is 1.79. The number of rotatable bonds is 4. The molecule has 0 aliphatic carbocycles. The van der Waals surface area contributed by atoms with E-state index < -0.39 is 11.8 Å². The molecule has 0 unspecified atom stereocenters. The first-order valence-corrected chi connectivity index (χ1v) is 8.32. The maximum atomic E-state index is 12.6. The fraction of sp³-hybridized carbons (Fsp3) is 0.0556. The molecular weight excluding hydrogens is 338 g/mol. The number of nitrogens with one attached hydrogen (secondary N) is 1. The Morgan fingerprint density at radius 1 is 1.20 bits per heavy atom. The molecule has 1 N–H and O–H groups in total. The molecule has 3 rings (SSSR count). The smallest absolute Gasteiger partial charge is 0.296 e. The molecule has 2 heterocycles. The lowest BCUT2D eigenvalue weighted by Gasteiger charge is -2.06. The van der Waals surface area contributed by atoms with Crippen LogP contribution in [0, 0.1) is 0 Å². The molecule has 0 aliphatic rings. The van der Waals surface area contributed by atoms with Gasteiger partial charge in [-0.15, -0.1) is 11.3 Å². The van der Waals surface area contributed by atoms with E-state index in [1.165, 1.54) is 23.7 Å². The van der Waals surface area contributed by atoms with Crippen LogP contribution in [0.1, 0.15) is 16.1 Å². The monoisotopic (exact) mass is 353 g/mol. The number of amides is 2. The van der Waals surface area contributed by atoms with Crippen LogP contribution in [0.3, 0.4) is 0 Å². The number of nitrogens with zero attached hydrogens (tertiary/aromatic N) is 2. The van der Waals surface area contributed by atoms with Gasteiger partial charge in [-0.05, 0) is 24.3 Å². The molecule has 7 heteroatoms. The molecule has 6 nitrogen and oxygen atoms in total. The number of thiazole rings is 1. The van der Waals surface area contributed by atoms with E-state index in [2.05, 4.69) is 10.3 Å². The van der Waals surface area contributed by atoms with Crippen LogP contribution >= 0.6 is 11.3 Å². The van der Waals surface area contributed by atoms with Gasteiger partial charge < -0.3 is 14.3 Å². The van der Waals surface area contributed by atoms with Gasteiger partial charge in [0.2, 0.25) is 0 Å². The van der Waals surface area contributed by atoms with Crippen LogP contribution in [0.5, 0.6) is 0 Å². The second kappa shape index (κ2) is 7.59. The van der Waals surface area contributed by atoms with E-state index in [-0.39, 0.29) is 5.70 Å². The van der Waals surface area contributed by atoms with Gasteiger partial charge in [0.15, 0.2) is 4.80 Å². The first kappa shape index (κ1) is 16.7. The van der Waals surface area contributed by atoms with Gasteiger partial charge in [0.25, 0.3) is 11.8 Å². The van der Waals surface area contributed by atoms with Crippen molar-refractivity contribution in [3.8, 4) is 0 Å². The highest BCUT2D eigenvalue weighted by atomic mass is 32.1. The molecule has 25 heavy (non-hydrogen) atoms. The predicted octanol–water partition coefficient (Wildman–Crippen LogP) is 2.58. The molecular formula is C18H15N3O3S. The molecule has 0 bridgehead atoms. The van der Waals surface area contributed by atoms with Gasteiger partial charge in [0.05, 0.1) is 6.26 Å². The van der Waals surface area contributed by atoms with Crippen molar-refractivity contribution >= 4 is 29.2 Å². The SMILES string of the molecule is Cn1ccsc1=NC(=O)/C(=C\c1ccco1)NC(=O)c1ccccc1. The topological polar surface area (TPSA) is 76.6 Å². The summed E-state index contributed by atoms with van der Waals surface area (Å²) in [6.45, 7) is 0. The van der Waals surface area contributed by atoms with Crippen LogP contribution in [0.2, 0.25) is 0 Å². The zero-order chi connectivity index (χ0) is 17.6. The lowest BCUT2D eigenvalue weighted by molar-refractivity contribution is -0.114. The summed E-state index contributed by atoms with van der Waals surface area (Å²) in [5, 5.41) is 4.44. The first-order chi connectivity index (χ1) is 12.1. The summed E-state index contributed by atoms with van der Waals surface area (Å²) in [4.78, 5) is 29.5. The molecule has 0 radical (unpaired) electrons. The average molecular weight is 353 g/mol. The van der Waals surface area contributed by atoms with E-state index in [4.69, 9.17) is 4.42 Å². The Morgan fingerprint density at radius 2 is 2.00 bits per heavy atom. The number of carbonyl (C=O) groups is 2. The highest BCUT2D eigenvalue weighted by Gasteiger charge is 2.15. The van der Waals surface area contributed by atoms with E-state index in [0.29, 0.717) is 16.1 Å². The van der Waals surface area contributed by atoms with Crippen molar-refractivity contribution in [2.24, 2.45) is 12.0 Å². The number of carbonyl (C=O) groups excluding carboxylic acids is 2. The van der Waals surface area contributed by atoms with E-state index in [0.717, 1.165) is 0 Å². The Labute approximate surface area is 147 Å². The van der Waals surface area contributed by atoms with Crippen molar-refractivity contribution in [2.45, 2.75) is 0 Å². The Bertz CT molecular complexity index is 966. The summed E-state index contributed by atoms with van der Waals surface area (Å²) in [6.07, 6.45) is 4.75. The van der Waals surface area contributed by atoms with Gasteiger partial charge in [-0.25, -0.2) is 0 Å². The number of furan rings is 1. The Morgan fingerprint density at radius 3 is 2.64 bits per heavy atom. The van der Waals surface area contributed by atoms with Gasteiger partial charge >= 0.3 is 0 Å². The van der Waals surface area contributed by atoms with E-state index in [1.807, 2.05) is 11.4 Å². The highest BCUT2D eigenvalue weighted by Crippen LogP contribution is 2.09. The lowest BCUT2D eigenvalue weighted by atomic mass is 10.2. The van der Waals surface area contributed by atoms with Crippen LogP contribution in [0.25, 0.3) is 6.08 Å². The van der Waals surface area contributed by atoms with Gasteiger partial charge in [0, 0.05) is 30.3 Å². The van der Waals surface area contributed by atoms with Gasteiger partial charge in [0.1, 0.15) is 11.5 Å². The Kier molecular flexibility index (Phi) is 5.06. The number of aromatic nitrogens is 1. The van der Waals surface area contributed by atoms with Gasteiger partial charge in [-0.2, -0.15) is 4.99 Å². The van der Waals surface area contributed by atoms with Crippen molar-refractivity contribution in [2.75, 3.05) is 0 Å². The summed E-state index contributed by atoms with van der Waals surface area (Å²) >= 11 is 1.33. The molecule has 0 aliphatic heterocycles. The maximum absolute atomic E-state index is 12.6. The molecule has 0 saturated carbocycles. The number of aryl methyl sites for hydroxylation is 1. The van der Waals surface area contributed by atoms with E-state index >= 15 is 0 Å². The van der Waals surface area contributed by atoms with Gasteiger partial charge in [-0.3, -0.25) is 9.59 Å². The van der Waals surface area contributed by atoms with Crippen LogP contribution < -0.4 is 10.1 Å². The number of hydrogen-bond donors (Lipinski definition) is 1. The maximum Gasteiger partial charge on any atom is 0.296 e. The summed E-state index contributed by atoms with van der Waals surface area (Å²) in [5.74, 6) is -0.501. The zero-order valence-electron chi connectivity index (χ0n) is 13.4. The number of hydrogen-bond acceptors (Lipinski definition) is 4. The Balaban J connectivity index is 1.92. The van der Waals surface area contributed by atoms with E-state index in [9.17, 15) is 9.59 Å². The molecule has 2 aromatic heterocycles. The molecule has 126 valence electrons. The van der Waals surface area contributed by atoms with Crippen molar-refractivity contribution in [1.82, 2.24) is 9.88 Å². The largest absolute Gasteiger partial charge is 0.465 e. The normalized spacial score (nSPS) is 12.2. The number of benzene rings is 1. The molecule has 3 aromatic rings. The van der Waals surface area contributed by atoms with Crippen LogP contribution in [0.15, 0.2) is 75.4 Å².